The lowest BCUT2D eigenvalue weighted by atomic mass is 10.0. The average molecular weight is 360 g/mol. The van der Waals surface area contributed by atoms with E-state index in [1.807, 2.05) is 0 Å². The van der Waals surface area contributed by atoms with E-state index in [9.17, 15) is 13.2 Å². The number of hydrogen-bond acceptors (Lipinski definition) is 4. The molecule has 0 radical (unpaired) electrons. The van der Waals surface area contributed by atoms with E-state index in [1.54, 1.807) is 47.6 Å². The van der Waals surface area contributed by atoms with Gasteiger partial charge in [-0.15, -0.1) is 0 Å². The van der Waals surface area contributed by atoms with Gasteiger partial charge in [-0.2, -0.15) is 12.7 Å². The second-order valence-corrected chi connectivity index (χ2v) is 7.92. The van der Waals surface area contributed by atoms with Crippen molar-refractivity contribution < 1.29 is 13.2 Å². The lowest BCUT2D eigenvalue weighted by Gasteiger charge is -2.30. The normalized spacial score (nSPS) is 14.3. The van der Waals surface area contributed by atoms with Crippen LogP contribution in [0.2, 0.25) is 0 Å². The highest BCUT2D eigenvalue weighted by molar-refractivity contribution is 7.90. The zero-order valence-electron chi connectivity index (χ0n) is 14.1. The lowest BCUT2D eigenvalue weighted by Crippen LogP contribution is -2.35. The quantitative estimate of drug-likeness (QED) is 0.903. The number of rotatable bonds is 4. The van der Waals surface area contributed by atoms with Crippen LogP contribution in [-0.4, -0.2) is 44.3 Å². The highest BCUT2D eigenvalue weighted by atomic mass is 32.2. The molecule has 2 heterocycles. The Morgan fingerprint density at radius 1 is 1.28 bits per heavy atom. The van der Waals surface area contributed by atoms with Crippen molar-refractivity contribution in [3.63, 3.8) is 0 Å². The number of nitrogens with zero attached hydrogens (tertiary/aromatic N) is 3. The maximum atomic E-state index is 12.7. The molecule has 1 N–H and O–H groups in total. The zero-order chi connectivity index (χ0) is 18.0. The van der Waals surface area contributed by atoms with Crippen molar-refractivity contribution in [2.75, 3.05) is 30.3 Å². The molecule has 0 unspecified atom stereocenters. The Morgan fingerprint density at radius 3 is 2.76 bits per heavy atom. The van der Waals surface area contributed by atoms with Crippen molar-refractivity contribution >= 4 is 27.5 Å². The van der Waals surface area contributed by atoms with Crippen LogP contribution in [0.1, 0.15) is 22.3 Å². The van der Waals surface area contributed by atoms with Crippen LogP contribution in [0.3, 0.4) is 0 Å². The number of benzene rings is 1. The first-order valence-electron chi connectivity index (χ1n) is 7.93. The Morgan fingerprint density at radius 2 is 2.08 bits per heavy atom. The predicted octanol–water partition coefficient (Wildman–Crippen LogP) is 1.89. The third-order valence-electron chi connectivity index (χ3n) is 4.08. The number of carbonyl (C=O) groups excluding carboxylic acids is 1. The lowest BCUT2D eigenvalue weighted by molar-refractivity contribution is 0.0984. The van der Waals surface area contributed by atoms with Crippen LogP contribution in [0.15, 0.2) is 42.7 Å². The largest absolute Gasteiger partial charge is 0.308 e. The summed E-state index contributed by atoms with van der Waals surface area (Å²) in [5.41, 5.74) is 2.78. The Labute approximate surface area is 147 Å². The number of aromatic nitrogens is 1. The van der Waals surface area contributed by atoms with Crippen LogP contribution < -0.4 is 9.62 Å². The third-order valence-corrected chi connectivity index (χ3v) is 5.53. The Bertz CT molecular complexity index is 882. The van der Waals surface area contributed by atoms with Crippen molar-refractivity contribution in [3.8, 4) is 0 Å². The van der Waals surface area contributed by atoms with Crippen molar-refractivity contribution in [1.29, 1.82) is 0 Å². The fourth-order valence-electron chi connectivity index (χ4n) is 2.76. The zero-order valence-corrected chi connectivity index (χ0v) is 15.0. The Balaban J connectivity index is 1.89. The van der Waals surface area contributed by atoms with Crippen molar-refractivity contribution in [3.05, 3.63) is 53.9 Å². The van der Waals surface area contributed by atoms with Crippen LogP contribution in [0.4, 0.5) is 11.4 Å². The Hall–Kier alpha value is -2.45. The van der Waals surface area contributed by atoms with Crippen LogP contribution >= 0.6 is 0 Å². The molecule has 1 aromatic carbocycles. The SMILES string of the molecule is CN(C)S(=O)(=O)Nc1ccc2c(c1)CCCN2C(=O)c1cccnc1. The molecular formula is C17H20N4O3S. The second-order valence-electron chi connectivity index (χ2n) is 6.04. The second kappa shape index (κ2) is 6.81. The summed E-state index contributed by atoms with van der Waals surface area (Å²) < 4.78 is 27.6. The summed E-state index contributed by atoms with van der Waals surface area (Å²) in [5, 5.41) is 0. The van der Waals surface area contributed by atoms with Gasteiger partial charge < -0.3 is 4.90 Å². The smallest absolute Gasteiger partial charge is 0.301 e. The van der Waals surface area contributed by atoms with E-state index < -0.39 is 10.2 Å². The van der Waals surface area contributed by atoms with Gasteiger partial charge >= 0.3 is 10.2 Å². The van der Waals surface area contributed by atoms with E-state index in [0.29, 0.717) is 17.8 Å². The van der Waals surface area contributed by atoms with E-state index >= 15 is 0 Å². The minimum atomic E-state index is -3.56. The molecule has 25 heavy (non-hydrogen) atoms. The number of fused-ring (bicyclic) bond motifs is 1. The number of hydrogen-bond donors (Lipinski definition) is 1. The number of carbonyl (C=O) groups is 1. The van der Waals surface area contributed by atoms with E-state index in [2.05, 4.69) is 9.71 Å². The van der Waals surface area contributed by atoms with Crippen LogP contribution in [0, 0.1) is 0 Å². The standard InChI is InChI=1S/C17H20N4O3S/c1-20(2)25(23,24)19-15-7-8-16-13(11-15)6-4-10-21(16)17(22)14-5-3-9-18-12-14/h3,5,7-9,11-12,19H,4,6,10H2,1-2H3. The highest BCUT2D eigenvalue weighted by Gasteiger charge is 2.24. The fourth-order valence-corrected chi connectivity index (χ4v) is 3.36. The number of anilines is 2. The molecule has 0 spiro atoms. The van der Waals surface area contributed by atoms with Crippen LogP contribution in [0.25, 0.3) is 0 Å². The minimum absolute atomic E-state index is 0.101. The first-order chi connectivity index (χ1) is 11.9. The summed E-state index contributed by atoms with van der Waals surface area (Å²) in [4.78, 5) is 18.5. The molecule has 1 aliphatic rings. The van der Waals surface area contributed by atoms with Gasteiger partial charge in [-0.25, -0.2) is 0 Å². The van der Waals surface area contributed by atoms with Crippen LogP contribution in [-0.2, 0) is 16.6 Å². The molecule has 0 saturated heterocycles. The van der Waals surface area contributed by atoms with Gasteiger partial charge in [0.1, 0.15) is 0 Å². The first-order valence-corrected chi connectivity index (χ1v) is 9.37. The molecule has 8 heteroatoms. The maximum Gasteiger partial charge on any atom is 0.301 e. The highest BCUT2D eigenvalue weighted by Crippen LogP contribution is 2.31. The van der Waals surface area contributed by atoms with Crippen molar-refractivity contribution in [2.45, 2.75) is 12.8 Å². The van der Waals surface area contributed by atoms with Gasteiger partial charge in [-0.1, -0.05) is 0 Å². The number of amides is 1. The molecule has 7 nitrogen and oxygen atoms in total. The van der Waals surface area contributed by atoms with Gasteiger partial charge in [-0.3, -0.25) is 14.5 Å². The van der Waals surface area contributed by atoms with E-state index in [-0.39, 0.29) is 5.91 Å². The molecule has 0 bridgehead atoms. The minimum Gasteiger partial charge on any atom is -0.308 e. The summed E-state index contributed by atoms with van der Waals surface area (Å²) in [6.07, 6.45) is 4.80. The molecule has 0 aliphatic carbocycles. The molecule has 1 aliphatic heterocycles. The number of aryl methyl sites for hydroxylation is 1. The van der Waals surface area contributed by atoms with E-state index in [0.717, 1.165) is 28.4 Å². The van der Waals surface area contributed by atoms with Gasteiger partial charge in [0.2, 0.25) is 0 Å². The van der Waals surface area contributed by atoms with Gasteiger partial charge in [0.25, 0.3) is 5.91 Å². The number of nitrogens with one attached hydrogen (secondary N) is 1. The summed E-state index contributed by atoms with van der Waals surface area (Å²) in [7, 11) is -0.621. The van der Waals surface area contributed by atoms with Crippen molar-refractivity contribution in [1.82, 2.24) is 9.29 Å². The molecule has 2 aromatic rings. The van der Waals surface area contributed by atoms with E-state index in [4.69, 9.17) is 0 Å². The molecule has 0 saturated carbocycles. The molecular weight excluding hydrogens is 340 g/mol. The third kappa shape index (κ3) is 3.64. The fraction of sp³-hybridized carbons (Fsp3) is 0.294. The van der Waals surface area contributed by atoms with Crippen molar-refractivity contribution in [2.24, 2.45) is 0 Å². The van der Waals surface area contributed by atoms with Gasteiger partial charge in [0.05, 0.1) is 11.3 Å². The molecule has 132 valence electrons. The summed E-state index contributed by atoms with van der Waals surface area (Å²) in [6, 6.07) is 8.73. The van der Waals surface area contributed by atoms with Gasteiger partial charge in [0, 0.05) is 38.7 Å². The Kier molecular flexibility index (Phi) is 4.73. The maximum absolute atomic E-state index is 12.7. The predicted molar refractivity (Wildman–Crippen MR) is 96.9 cm³/mol. The average Bonchev–Trinajstić information content (AvgIpc) is 2.60. The monoisotopic (exact) mass is 360 g/mol. The molecule has 0 atom stereocenters. The summed E-state index contributed by atoms with van der Waals surface area (Å²) >= 11 is 0. The first kappa shape index (κ1) is 17.4. The molecule has 1 amide bonds. The summed E-state index contributed by atoms with van der Waals surface area (Å²) in [6.45, 7) is 0.628. The molecule has 3 rings (SSSR count). The van der Waals surface area contributed by atoms with Crippen LogP contribution in [0.5, 0.6) is 0 Å². The van der Waals surface area contributed by atoms with Gasteiger partial charge in [-0.05, 0) is 48.7 Å². The van der Waals surface area contributed by atoms with Gasteiger partial charge in [0.15, 0.2) is 0 Å². The number of pyridine rings is 1. The summed E-state index contributed by atoms with van der Waals surface area (Å²) in [5.74, 6) is -0.101. The molecule has 1 aromatic heterocycles. The van der Waals surface area contributed by atoms with E-state index in [1.165, 1.54) is 14.1 Å². The molecule has 0 fully saturated rings. The topological polar surface area (TPSA) is 82.6 Å².